The number of amides is 1. The van der Waals surface area contributed by atoms with Crippen LogP contribution in [0.2, 0.25) is 0 Å². The molecule has 1 aromatic rings. The zero-order chi connectivity index (χ0) is 12.3. The lowest BCUT2D eigenvalue weighted by Gasteiger charge is -2.26. The zero-order valence-corrected chi connectivity index (χ0v) is 9.27. The molecule has 0 atom stereocenters. The van der Waals surface area contributed by atoms with Crippen molar-refractivity contribution in [2.45, 2.75) is 19.3 Å². The van der Waals surface area contributed by atoms with E-state index in [1.807, 2.05) is 0 Å². The minimum absolute atomic E-state index is 0.0805. The molecule has 2 heterocycles. The lowest BCUT2D eigenvalue weighted by molar-refractivity contribution is 0.0669. The first-order chi connectivity index (χ1) is 8.18. The van der Waals surface area contributed by atoms with E-state index in [-0.39, 0.29) is 11.4 Å². The molecule has 0 radical (unpaired) electrons. The SMILES string of the molecule is O=C(NN1CCCCC1)c1nc[nH]c1C(=O)O. The van der Waals surface area contributed by atoms with Crippen molar-refractivity contribution in [3.05, 3.63) is 17.7 Å². The van der Waals surface area contributed by atoms with Gasteiger partial charge < -0.3 is 10.1 Å². The van der Waals surface area contributed by atoms with Gasteiger partial charge in [0.2, 0.25) is 0 Å². The highest BCUT2D eigenvalue weighted by molar-refractivity contribution is 6.01. The molecule has 0 spiro atoms. The molecule has 1 aliphatic heterocycles. The van der Waals surface area contributed by atoms with Gasteiger partial charge in [-0.2, -0.15) is 0 Å². The van der Waals surface area contributed by atoms with Crippen LogP contribution in [0.1, 0.15) is 40.2 Å². The maximum Gasteiger partial charge on any atom is 0.354 e. The fourth-order valence-corrected chi connectivity index (χ4v) is 1.83. The first-order valence-corrected chi connectivity index (χ1v) is 5.51. The van der Waals surface area contributed by atoms with E-state index in [1.165, 1.54) is 6.33 Å². The van der Waals surface area contributed by atoms with Gasteiger partial charge in [0.05, 0.1) is 6.33 Å². The summed E-state index contributed by atoms with van der Waals surface area (Å²) >= 11 is 0. The molecule has 1 amide bonds. The summed E-state index contributed by atoms with van der Waals surface area (Å²) in [6, 6.07) is 0. The second-order valence-corrected chi connectivity index (χ2v) is 3.92. The summed E-state index contributed by atoms with van der Waals surface area (Å²) in [6.45, 7) is 1.58. The molecule has 92 valence electrons. The van der Waals surface area contributed by atoms with Crippen LogP contribution in [0.4, 0.5) is 0 Å². The number of nitrogens with one attached hydrogen (secondary N) is 2. The van der Waals surface area contributed by atoms with Gasteiger partial charge >= 0.3 is 5.97 Å². The number of rotatable bonds is 3. The largest absolute Gasteiger partial charge is 0.477 e. The number of aromatic amines is 1. The maximum atomic E-state index is 11.8. The molecule has 7 nitrogen and oxygen atoms in total. The predicted molar refractivity (Wildman–Crippen MR) is 58.4 cm³/mol. The van der Waals surface area contributed by atoms with Gasteiger partial charge in [-0.15, -0.1) is 0 Å². The molecule has 0 aromatic carbocycles. The smallest absolute Gasteiger partial charge is 0.354 e. The van der Waals surface area contributed by atoms with Crippen molar-refractivity contribution in [1.82, 2.24) is 20.4 Å². The van der Waals surface area contributed by atoms with Gasteiger partial charge in [0.25, 0.3) is 5.91 Å². The molecule has 1 aromatic heterocycles. The van der Waals surface area contributed by atoms with Crippen LogP contribution in [0, 0.1) is 0 Å². The van der Waals surface area contributed by atoms with E-state index in [4.69, 9.17) is 5.11 Å². The molecular weight excluding hydrogens is 224 g/mol. The quantitative estimate of drug-likeness (QED) is 0.700. The number of H-pyrrole nitrogens is 1. The third-order valence-corrected chi connectivity index (χ3v) is 2.68. The van der Waals surface area contributed by atoms with Crippen molar-refractivity contribution in [2.75, 3.05) is 13.1 Å². The molecule has 0 aliphatic carbocycles. The van der Waals surface area contributed by atoms with Crippen molar-refractivity contribution in [1.29, 1.82) is 0 Å². The van der Waals surface area contributed by atoms with Crippen molar-refractivity contribution in [3.8, 4) is 0 Å². The zero-order valence-electron chi connectivity index (χ0n) is 9.27. The van der Waals surface area contributed by atoms with E-state index < -0.39 is 11.9 Å². The predicted octanol–water partition coefficient (Wildman–Crippen LogP) is 0.239. The molecule has 3 N–H and O–H groups in total. The summed E-state index contributed by atoms with van der Waals surface area (Å²) in [6.07, 6.45) is 4.43. The Balaban J connectivity index is 2.03. The summed E-state index contributed by atoms with van der Waals surface area (Å²) in [5.41, 5.74) is 2.40. The molecule has 7 heteroatoms. The standard InChI is InChI=1S/C10H14N4O3/c15-9(13-14-4-2-1-3-5-14)7-8(10(16)17)12-6-11-7/h6H,1-5H2,(H,11,12)(H,13,15)(H,16,17). The van der Waals surface area contributed by atoms with Crippen LogP contribution in [0.15, 0.2) is 6.33 Å². The summed E-state index contributed by atoms with van der Waals surface area (Å²) < 4.78 is 0. The normalized spacial score (nSPS) is 16.7. The number of carboxylic acid groups (broad SMARTS) is 1. The number of aromatic carboxylic acids is 1. The Labute approximate surface area is 97.8 Å². The Kier molecular flexibility index (Phi) is 3.38. The summed E-state index contributed by atoms with van der Waals surface area (Å²) in [7, 11) is 0. The summed E-state index contributed by atoms with van der Waals surface area (Å²) in [4.78, 5) is 28.8. The molecule has 0 unspecified atom stereocenters. The van der Waals surface area contributed by atoms with Gasteiger partial charge in [-0.1, -0.05) is 6.42 Å². The Hall–Kier alpha value is -1.89. The molecule has 1 aliphatic rings. The van der Waals surface area contributed by atoms with E-state index in [0.717, 1.165) is 32.4 Å². The van der Waals surface area contributed by atoms with Crippen LogP contribution in [0.5, 0.6) is 0 Å². The summed E-state index contributed by atoms with van der Waals surface area (Å²) in [5, 5.41) is 10.6. The van der Waals surface area contributed by atoms with Crippen LogP contribution in [-0.4, -0.2) is 45.0 Å². The Morgan fingerprint density at radius 3 is 2.71 bits per heavy atom. The number of imidazole rings is 1. The van der Waals surface area contributed by atoms with Gasteiger partial charge in [-0.3, -0.25) is 10.2 Å². The minimum atomic E-state index is -1.19. The van der Waals surface area contributed by atoms with E-state index in [0.29, 0.717) is 0 Å². The number of carbonyl (C=O) groups is 2. The van der Waals surface area contributed by atoms with Crippen LogP contribution >= 0.6 is 0 Å². The van der Waals surface area contributed by atoms with Crippen LogP contribution in [0.25, 0.3) is 0 Å². The fraction of sp³-hybridized carbons (Fsp3) is 0.500. The Bertz CT molecular complexity index is 423. The van der Waals surface area contributed by atoms with Crippen molar-refractivity contribution in [2.24, 2.45) is 0 Å². The van der Waals surface area contributed by atoms with E-state index >= 15 is 0 Å². The third kappa shape index (κ3) is 2.62. The molecule has 0 bridgehead atoms. The molecule has 17 heavy (non-hydrogen) atoms. The molecule has 0 saturated carbocycles. The highest BCUT2D eigenvalue weighted by Gasteiger charge is 2.21. The van der Waals surface area contributed by atoms with Crippen molar-refractivity contribution >= 4 is 11.9 Å². The highest BCUT2D eigenvalue weighted by Crippen LogP contribution is 2.08. The number of piperidine rings is 1. The molecule has 1 fully saturated rings. The van der Waals surface area contributed by atoms with Gasteiger partial charge in [0, 0.05) is 13.1 Å². The first kappa shape index (κ1) is 11.6. The Morgan fingerprint density at radius 2 is 2.06 bits per heavy atom. The summed E-state index contributed by atoms with van der Waals surface area (Å²) in [5.74, 6) is -1.67. The number of hydrazine groups is 1. The monoisotopic (exact) mass is 238 g/mol. The van der Waals surface area contributed by atoms with Crippen molar-refractivity contribution in [3.63, 3.8) is 0 Å². The second kappa shape index (κ2) is 4.96. The average molecular weight is 238 g/mol. The first-order valence-electron chi connectivity index (χ1n) is 5.51. The van der Waals surface area contributed by atoms with Gasteiger partial charge in [0.1, 0.15) is 0 Å². The maximum absolute atomic E-state index is 11.8. The van der Waals surface area contributed by atoms with Gasteiger partial charge in [0.15, 0.2) is 11.4 Å². The number of hydrogen-bond acceptors (Lipinski definition) is 4. The number of hydrogen-bond donors (Lipinski definition) is 3. The number of nitrogens with zero attached hydrogens (tertiary/aromatic N) is 2. The lowest BCUT2D eigenvalue weighted by atomic mass is 10.2. The fourth-order valence-electron chi connectivity index (χ4n) is 1.83. The second-order valence-electron chi connectivity index (χ2n) is 3.92. The number of aromatic nitrogens is 2. The van der Waals surface area contributed by atoms with E-state index in [9.17, 15) is 9.59 Å². The average Bonchev–Trinajstić information content (AvgIpc) is 2.79. The van der Waals surface area contributed by atoms with E-state index in [2.05, 4.69) is 15.4 Å². The molecule has 2 rings (SSSR count). The van der Waals surface area contributed by atoms with Crippen LogP contribution < -0.4 is 5.43 Å². The molecule has 1 saturated heterocycles. The van der Waals surface area contributed by atoms with Gasteiger partial charge in [-0.05, 0) is 12.8 Å². The lowest BCUT2D eigenvalue weighted by Crippen LogP contribution is -2.45. The van der Waals surface area contributed by atoms with Gasteiger partial charge in [-0.25, -0.2) is 14.8 Å². The Morgan fingerprint density at radius 1 is 1.35 bits per heavy atom. The van der Waals surface area contributed by atoms with Crippen molar-refractivity contribution < 1.29 is 14.7 Å². The topological polar surface area (TPSA) is 98.3 Å². The van der Waals surface area contributed by atoms with Crippen LogP contribution in [-0.2, 0) is 0 Å². The number of carboxylic acids is 1. The van der Waals surface area contributed by atoms with E-state index in [1.54, 1.807) is 5.01 Å². The minimum Gasteiger partial charge on any atom is -0.477 e. The third-order valence-electron chi connectivity index (χ3n) is 2.68. The highest BCUT2D eigenvalue weighted by atomic mass is 16.4. The number of carbonyl (C=O) groups excluding carboxylic acids is 1. The van der Waals surface area contributed by atoms with Crippen LogP contribution in [0.3, 0.4) is 0 Å². The molecular formula is C10H14N4O3.